The van der Waals surface area contributed by atoms with Crippen molar-refractivity contribution in [3.8, 4) is 0 Å². The first-order valence-corrected chi connectivity index (χ1v) is 8.18. The fraction of sp³-hybridized carbons (Fsp3) is 0.438. The molecule has 2 bridgehead atoms. The van der Waals surface area contributed by atoms with Crippen LogP contribution in [0.2, 0.25) is 0 Å². The van der Waals surface area contributed by atoms with E-state index in [0.29, 0.717) is 12.1 Å². The number of hydrogen-bond acceptors (Lipinski definition) is 7. The molecule has 0 radical (unpaired) electrons. The monoisotopic (exact) mass is 322 g/mol. The molecule has 24 heavy (non-hydrogen) atoms. The molecular weight excluding hydrogens is 304 g/mol. The summed E-state index contributed by atoms with van der Waals surface area (Å²) in [7, 11) is 0. The molecule has 0 amide bonds. The number of H-pyrrole nitrogens is 1. The van der Waals surface area contributed by atoms with Gasteiger partial charge in [0.15, 0.2) is 11.5 Å². The Labute approximate surface area is 139 Å². The number of hydrogen-bond donors (Lipinski definition) is 1. The summed E-state index contributed by atoms with van der Waals surface area (Å²) in [5.41, 5.74) is 3.87. The van der Waals surface area contributed by atoms with Gasteiger partial charge in [0.05, 0.1) is 18.4 Å². The number of aryl methyl sites for hydroxylation is 1. The van der Waals surface area contributed by atoms with Gasteiger partial charge in [-0.05, 0) is 20.3 Å². The maximum Gasteiger partial charge on any atom is 0.182 e. The van der Waals surface area contributed by atoms with Crippen molar-refractivity contribution in [2.75, 3.05) is 22.9 Å². The van der Waals surface area contributed by atoms with E-state index in [1.54, 1.807) is 19.0 Å². The Hall–Kier alpha value is -2.77. The average Bonchev–Trinajstić information content (AvgIpc) is 3.07. The Morgan fingerprint density at radius 2 is 1.71 bits per heavy atom. The quantitative estimate of drug-likeness (QED) is 0.759. The minimum absolute atomic E-state index is 0.444. The summed E-state index contributed by atoms with van der Waals surface area (Å²) in [6.45, 7) is 6.04. The molecule has 6 heterocycles. The van der Waals surface area contributed by atoms with Crippen LogP contribution in [0.25, 0.3) is 11.2 Å². The van der Waals surface area contributed by atoms with E-state index in [0.717, 1.165) is 41.6 Å². The van der Waals surface area contributed by atoms with Crippen molar-refractivity contribution < 1.29 is 0 Å². The van der Waals surface area contributed by atoms with Gasteiger partial charge in [0.1, 0.15) is 24.0 Å². The van der Waals surface area contributed by atoms with Crippen molar-refractivity contribution in [1.82, 2.24) is 29.9 Å². The number of nitrogens with zero attached hydrogens (tertiary/aromatic N) is 7. The predicted octanol–water partition coefficient (Wildman–Crippen LogP) is 1.23. The normalized spacial score (nSPS) is 22.8. The molecule has 3 fully saturated rings. The van der Waals surface area contributed by atoms with Crippen LogP contribution in [0.4, 0.5) is 11.6 Å². The first kappa shape index (κ1) is 13.6. The summed E-state index contributed by atoms with van der Waals surface area (Å²) in [6, 6.07) is 0.889. The Morgan fingerprint density at radius 1 is 0.958 bits per heavy atom. The van der Waals surface area contributed by atoms with Crippen LogP contribution in [0.15, 0.2) is 19.0 Å². The van der Waals surface area contributed by atoms with Crippen molar-refractivity contribution >= 4 is 22.8 Å². The predicted molar refractivity (Wildman–Crippen MR) is 90.1 cm³/mol. The number of anilines is 2. The molecular formula is C16H18N8. The summed E-state index contributed by atoms with van der Waals surface area (Å²) in [5, 5.41) is 0. The van der Waals surface area contributed by atoms with Crippen LogP contribution in [0.1, 0.15) is 17.7 Å². The zero-order chi connectivity index (χ0) is 16.3. The molecule has 0 saturated carbocycles. The molecule has 1 N–H and O–H groups in total. The van der Waals surface area contributed by atoms with Crippen molar-refractivity contribution in [2.24, 2.45) is 0 Å². The van der Waals surface area contributed by atoms with Crippen LogP contribution >= 0.6 is 0 Å². The lowest BCUT2D eigenvalue weighted by Crippen LogP contribution is -2.69. The van der Waals surface area contributed by atoms with Crippen molar-refractivity contribution in [3.05, 3.63) is 30.2 Å². The third-order valence-electron chi connectivity index (χ3n) is 5.25. The van der Waals surface area contributed by atoms with Gasteiger partial charge in [0.2, 0.25) is 0 Å². The second-order valence-corrected chi connectivity index (χ2v) is 6.56. The minimum atomic E-state index is 0.444. The molecule has 6 rings (SSSR count). The van der Waals surface area contributed by atoms with Gasteiger partial charge in [0.25, 0.3) is 0 Å². The highest BCUT2D eigenvalue weighted by atomic mass is 15.4. The van der Waals surface area contributed by atoms with Crippen molar-refractivity contribution in [2.45, 2.75) is 32.4 Å². The van der Waals surface area contributed by atoms with Gasteiger partial charge in [0, 0.05) is 24.3 Å². The van der Waals surface area contributed by atoms with E-state index < -0.39 is 0 Å². The highest BCUT2D eigenvalue weighted by molar-refractivity contribution is 5.84. The Morgan fingerprint density at radius 3 is 2.54 bits per heavy atom. The van der Waals surface area contributed by atoms with Crippen LogP contribution in [0.3, 0.4) is 0 Å². The molecule has 122 valence electrons. The standard InChI is InChI=1S/C16H18N8/c1-9-10(2)17-6-21-15(9)23-4-11-3-12(5-23)24(11)16-13-14(19-7-18-13)20-8-22-16/h6-8,11-12H,3-5H2,1-2H3,(H,18,19,20,22). The molecule has 8 heteroatoms. The van der Waals surface area contributed by atoms with Gasteiger partial charge in [-0.15, -0.1) is 0 Å². The fourth-order valence-electron chi connectivity index (χ4n) is 3.92. The number of fused-ring (bicyclic) bond motifs is 3. The lowest BCUT2D eigenvalue weighted by atomic mass is 9.87. The second-order valence-electron chi connectivity index (χ2n) is 6.56. The summed E-state index contributed by atoms with van der Waals surface area (Å²) < 4.78 is 0. The van der Waals surface area contributed by atoms with Gasteiger partial charge in [-0.2, -0.15) is 0 Å². The third kappa shape index (κ3) is 1.82. The largest absolute Gasteiger partial charge is 0.352 e. The second kappa shape index (κ2) is 4.86. The number of rotatable bonds is 2. The number of piperidine rings is 1. The van der Waals surface area contributed by atoms with Crippen LogP contribution < -0.4 is 9.80 Å². The molecule has 3 aromatic heterocycles. The smallest absolute Gasteiger partial charge is 0.182 e. The molecule has 8 nitrogen and oxygen atoms in total. The Kier molecular flexibility index (Phi) is 2.76. The lowest BCUT2D eigenvalue weighted by molar-refractivity contribution is 0.288. The maximum atomic E-state index is 4.51. The lowest BCUT2D eigenvalue weighted by Gasteiger charge is -2.57. The molecule has 2 atom stereocenters. The van der Waals surface area contributed by atoms with E-state index in [-0.39, 0.29) is 0 Å². The zero-order valence-electron chi connectivity index (χ0n) is 13.6. The fourth-order valence-corrected chi connectivity index (χ4v) is 3.92. The average molecular weight is 322 g/mol. The SMILES string of the molecule is Cc1ncnc(N2CC3CC(C2)N3c2ncnc3nc[nH]c23)c1C. The zero-order valence-corrected chi connectivity index (χ0v) is 13.6. The van der Waals surface area contributed by atoms with Gasteiger partial charge in [-0.1, -0.05) is 0 Å². The Bertz CT molecular complexity index is 907. The van der Waals surface area contributed by atoms with E-state index in [2.05, 4.69) is 46.6 Å². The van der Waals surface area contributed by atoms with Crippen LogP contribution in [-0.2, 0) is 0 Å². The van der Waals surface area contributed by atoms with Gasteiger partial charge in [-0.25, -0.2) is 24.9 Å². The number of aromatic amines is 1. The number of imidazole rings is 1. The van der Waals surface area contributed by atoms with Crippen molar-refractivity contribution in [1.29, 1.82) is 0 Å². The summed E-state index contributed by atoms with van der Waals surface area (Å²) in [4.78, 5) is 29.7. The summed E-state index contributed by atoms with van der Waals surface area (Å²) in [6.07, 6.45) is 6.13. The topological polar surface area (TPSA) is 86.7 Å². The summed E-state index contributed by atoms with van der Waals surface area (Å²) >= 11 is 0. The highest BCUT2D eigenvalue weighted by Crippen LogP contribution is 2.39. The molecule has 0 aliphatic carbocycles. The van der Waals surface area contributed by atoms with E-state index >= 15 is 0 Å². The van der Waals surface area contributed by atoms with E-state index in [9.17, 15) is 0 Å². The molecule has 0 aromatic carbocycles. The molecule has 3 saturated heterocycles. The van der Waals surface area contributed by atoms with E-state index in [4.69, 9.17) is 0 Å². The molecule has 3 aliphatic rings. The van der Waals surface area contributed by atoms with E-state index in [1.165, 1.54) is 12.0 Å². The first-order chi connectivity index (χ1) is 11.7. The molecule has 3 aromatic rings. The van der Waals surface area contributed by atoms with Crippen molar-refractivity contribution in [3.63, 3.8) is 0 Å². The highest BCUT2D eigenvalue weighted by Gasteiger charge is 2.46. The molecule has 0 spiro atoms. The van der Waals surface area contributed by atoms with Crippen LogP contribution in [-0.4, -0.2) is 55.1 Å². The number of aromatic nitrogens is 6. The van der Waals surface area contributed by atoms with Gasteiger partial charge >= 0.3 is 0 Å². The first-order valence-electron chi connectivity index (χ1n) is 8.18. The third-order valence-corrected chi connectivity index (χ3v) is 5.25. The summed E-state index contributed by atoms with van der Waals surface area (Å²) in [5.74, 6) is 2.03. The number of piperazine rings is 1. The minimum Gasteiger partial charge on any atom is -0.352 e. The van der Waals surface area contributed by atoms with Gasteiger partial charge in [-0.3, -0.25) is 0 Å². The molecule has 2 unspecified atom stereocenters. The van der Waals surface area contributed by atoms with Crippen LogP contribution in [0.5, 0.6) is 0 Å². The van der Waals surface area contributed by atoms with Crippen LogP contribution in [0, 0.1) is 13.8 Å². The van der Waals surface area contributed by atoms with E-state index in [1.807, 2.05) is 6.92 Å². The van der Waals surface area contributed by atoms with Gasteiger partial charge < -0.3 is 14.8 Å². The Balaban J connectivity index is 1.45. The molecule has 3 aliphatic heterocycles. The number of nitrogens with one attached hydrogen (secondary N) is 1. The maximum absolute atomic E-state index is 4.51.